The van der Waals surface area contributed by atoms with Crippen molar-refractivity contribution in [3.63, 3.8) is 0 Å². The lowest BCUT2D eigenvalue weighted by Crippen LogP contribution is -2.45. The molecule has 18 heavy (non-hydrogen) atoms. The minimum absolute atomic E-state index is 0.160. The average Bonchev–Trinajstić information content (AvgIpc) is 3.02. The molecule has 0 heterocycles. The highest BCUT2D eigenvalue weighted by Crippen LogP contribution is 2.62. The SMILES string of the molecule is CCCC12CC=C(CC)C(C)(N)[C@@H](C)C(C)=C1C2. The van der Waals surface area contributed by atoms with Gasteiger partial charge in [-0.05, 0) is 50.9 Å². The molecule has 0 saturated heterocycles. The topological polar surface area (TPSA) is 26.0 Å². The van der Waals surface area contributed by atoms with Crippen molar-refractivity contribution in [2.24, 2.45) is 17.1 Å². The van der Waals surface area contributed by atoms with Gasteiger partial charge in [-0.3, -0.25) is 0 Å². The molecular weight excluding hydrogens is 218 g/mol. The Kier molecular flexibility index (Phi) is 3.48. The summed E-state index contributed by atoms with van der Waals surface area (Å²) < 4.78 is 0. The second-order valence-corrected chi connectivity index (χ2v) is 6.66. The molecule has 0 radical (unpaired) electrons. The zero-order chi connectivity index (χ0) is 13.6. The first-order valence-electron chi connectivity index (χ1n) is 7.57. The summed E-state index contributed by atoms with van der Waals surface area (Å²) in [6, 6.07) is 0. The Balaban J connectivity index is 2.40. The van der Waals surface area contributed by atoms with Crippen LogP contribution < -0.4 is 5.73 Å². The van der Waals surface area contributed by atoms with Crippen molar-refractivity contribution in [2.75, 3.05) is 0 Å². The highest BCUT2D eigenvalue weighted by Gasteiger charge is 2.50. The van der Waals surface area contributed by atoms with Crippen molar-refractivity contribution in [3.05, 3.63) is 22.8 Å². The minimum Gasteiger partial charge on any atom is -0.321 e. The molecule has 2 N–H and O–H groups in total. The lowest BCUT2D eigenvalue weighted by Gasteiger charge is -2.37. The molecular formula is C17H29N. The first kappa shape index (κ1) is 13.9. The maximum atomic E-state index is 6.63. The number of hydrogen-bond donors (Lipinski definition) is 1. The van der Waals surface area contributed by atoms with Gasteiger partial charge in [0, 0.05) is 5.54 Å². The molecule has 0 aliphatic heterocycles. The van der Waals surface area contributed by atoms with Gasteiger partial charge in [0.05, 0.1) is 0 Å². The Bertz CT molecular complexity index is 400. The van der Waals surface area contributed by atoms with Crippen LogP contribution in [0.15, 0.2) is 22.8 Å². The second-order valence-electron chi connectivity index (χ2n) is 6.66. The normalized spacial score (nSPS) is 39.9. The smallest absolute Gasteiger partial charge is 0.0403 e. The monoisotopic (exact) mass is 247 g/mol. The summed E-state index contributed by atoms with van der Waals surface area (Å²) in [7, 11) is 0. The second kappa shape index (κ2) is 4.52. The van der Waals surface area contributed by atoms with E-state index in [1.807, 2.05) is 0 Å². The molecule has 3 atom stereocenters. The first-order chi connectivity index (χ1) is 8.39. The molecule has 0 amide bonds. The molecule has 102 valence electrons. The molecule has 1 nitrogen and oxygen atoms in total. The summed E-state index contributed by atoms with van der Waals surface area (Å²) in [5.41, 5.74) is 11.7. The summed E-state index contributed by atoms with van der Waals surface area (Å²) in [5.74, 6) is 0.470. The zero-order valence-electron chi connectivity index (χ0n) is 12.8. The maximum Gasteiger partial charge on any atom is 0.0403 e. The zero-order valence-corrected chi connectivity index (χ0v) is 12.8. The molecule has 0 bridgehead atoms. The summed E-state index contributed by atoms with van der Waals surface area (Å²) in [6.45, 7) is 11.4. The van der Waals surface area contributed by atoms with Gasteiger partial charge in [-0.2, -0.15) is 0 Å². The Hall–Kier alpha value is -0.560. The van der Waals surface area contributed by atoms with Crippen molar-refractivity contribution in [1.29, 1.82) is 0 Å². The molecule has 0 aromatic carbocycles. The number of fused-ring (bicyclic) bond motifs is 1. The van der Waals surface area contributed by atoms with Crippen LogP contribution in [-0.2, 0) is 0 Å². The van der Waals surface area contributed by atoms with Crippen molar-refractivity contribution in [3.8, 4) is 0 Å². The van der Waals surface area contributed by atoms with Crippen LogP contribution in [-0.4, -0.2) is 5.54 Å². The first-order valence-corrected chi connectivity index (χ1v) is 7.57. The average molecular weight is 247 g/mol. The van der Waals surface area contributed by atoms with Crippen LogP contribution in [0.3, 0.4) is 0 Å². The molecule has 1 saturated carbocycles. The number of hydrogen-bond acceptors (Lipinski definition) is 1. The Morgan fingerprint density at radius 2 is 2.06 bits per heavy atom. The number of nitrogens with two attached hydrogens (primary N) is 1. The van der Waals surface area contributed by atoms with Crippen LogP contribution in [0.4, 0.5) is 0 Å². The summed E-state index contributed by atoms with van der Waals surface area (Å²) in [5, 5.41) is 0. The van der Waals surface area contributed by atoms with Gasteiger partial charge in [0.25, 0.3) is 0 Å². The molecule has 2 aliphatic carbocycles. The van der Waals surface area contributed by atoms with Gasteiger partial charge in [0.2, 0.25) is 0 Å². The third-order valence-electron chi connectivity index (χ3n) is 5.60. The molecule has 0 aromatic rings. The van der Waals surface area contributed by atoms with Crippen molar-refractivity contribution < 1.29 is 0 Å². The van der Waals surface area contributed by atoms with E-state index in [0.717, 1.165) is 6.42 Å². The van der Waals surface area contributed by atoms with E-state index < -0.39 is 0 Å². The van der Waals surface area contributed by atoms with Gasteiger partial charge in [-0.25, -0.2) is 0 Å². The van der Waals surface area contributed by atoms with Gasteiger partial charge < -0.3 is 5.73 Å². The highest BCUT2D eigenvalue weighted by molar-refractivity contribution is 5.43. The number of rotatable bonds is 3. The lowest BCUT2D eigenvalue weighted by molar-refractivity contribution is 0.390. The van der Waals surface area contributed by atoms with E-state index in [-0.39, 0.29) is 5.54 Å². The van der Waals surface area contributed by atoms with Crippen LogP contribution in [0.25, 0.3) is 0 Å². The molecule has 0 spiro atoms. The summed E-state index contributed by atoms with van der Waals surface area (Å²) in [6.07, 6.45) is 8.73. The van der Waals surface area contributed by atoms with E-state index in [1.165, 1.54) is 31.3 Å². The molecule has 2 unspecified atom stereocenters. The van der Waals surface area contributed by atoms with Crippen LogP contribution in [0.2, 0.25) is 0 Å². The maximum absolute atomic E-state index is 6.63. The van der Waals surface area contributed by atoms with Crippen molar-refractivity contribution in [2.45, 2.75) is 72.3 Å². The Morgan fingerprint density at radius 1 is 1.39 bits per heavy atom. The van der Waals surface area contributed by atoms with Gasteiger partial charge in [-0.1, -0.05) is 50.0 Å². The van der Waals surface area contributed by atoms with E-state index in [0.29, 0.717) is 11.3 Å². The molecule has 2 aliphatic rings. The van der Waals surface area contributed by atoms with Crippen LogP contribution >= 0.6 is 0 Å². The van der Waals surface area contributed by atoms with Gasteiger partial charge in [0.1, 0.15) is 0 Å². The fourth-order valence-corrected chi connectivity index (χ4v) is 3.92. The fraction of sp³-hybridized carbons (Fsp3) is 0.765. The molecule has 1 fully saturated rings. The van der Waals surface area contributed by atoms with E-state index in [1.54, 1.807) is 11.1 Å². The molecule has 2 rings (SSSR count). The van der Waals surface area contributed by atoms with Crippen molar-refractivity contribution >= 4 is 0 Å². The van der Waals surface area contributed by atoms with Gasteiger partial charge in [-0.15, -0.1) is 0 Å². The largest absolute Gasteiger partial charge is 0.321 e. The number of allylic oxidation sites excluding steroid dienone is 2. The van der Waals surface area contributed by atoms with E-state index in [2.05, 4.69) is 40.7 Å². The third kappa shape index (κ3) is 1.97. The standard InChI is InChI=1S/C17H29N/c1-6-9-17-10-8-14(7-2)16(5,18)13(4)12(3)15(17)11-17/h8,13H,6-7,9-11,18H2,1-5H3/t13-,16?,17?/m0/s1. The molecule has 1 heteroatoms. The van der Waals surface area contributed by atoms with Crippen LogP contribution in [0.5, 0.6) is 0 Å². The van der Waals surface area contributed by atoms with E-state index >= 15 is 0 Å². The minimum atomic E-state index is -0.160. The fourth-order valence-electron chi connectivity index (χ4n) is 3.92. The van der Waals surface area contributed by atoms with E-state index in [9.17, 15) is 0 Å². The summed E-state index contributed by atoms with van der Waals surface area (Å²) in [4.78, 5) is 0. The predicted molar refractivity (Wildman–Crippen MR) is 79.4 cm³/mol. The van der Waals surface area contributed by atoms with E-state index in [4.69, 9.17) is 5.73 Å². The van der Waals surface area contributed by atoms with Gasteiger partial charge in [0.15, 0.2) is 0 Å². The van der Waals surface area contributed by atoms with Crippen molar-refractivity contribution in [1.82, 2.24) is 0 Å². The Labute approximate surface area is 113 Å². The lowest BCUT2D eigenvalue weighted by atomic mass is 9.73. The van der Waals surface area contributed by atoms with Crippen LogP contribution in [0, 0.1) is 11.3 Å². The quantitative estimate of drug-likeness (QED) is 0.725. The molecule has 0 aromatic heterocycles. The van der Waals surface area contributed by atoms with Crippen LogP contribution in [0.1, 0.15) is 66.7 Å². The van der Waals surface area contributed by atoms with Gasteiger partial charge >= 0.3 is 0 Å². The highest BCUT2D eigenvalue weighted by atomic mass is 14.8. The third-order valence-corrected chi connectivity index (χ3v) is 5.60. The predicted octanol–water partition coefficient (Wildman–Crippen LogP) is 4.59. The summed E-state index contributed by atoms with van der Waals surface area (Å²) >= 11 is 0. The Morgan fingerprint density at radius 3 is 2.61 bits per heavy atom.